The van der Waals surface area contributed by atoms with Crippen LogP contribution in [0.4, 0.5) is 10.1 Å². The average Bonchev–Trinajstić information content (AvgIpc) is 3.06. The van der Waals surface area contributed by atoms with E-state index in [0.29, 0.717) is 10.8 Å². The van der Waals surface area contributed by atoms with Gasteiger partial charge in [0, 0.05) is 11.2 Å². The molecule has 0 aliphatic heterocycles. The summed E-state index contributed by atoms with van der Waals surface area (Å²) >= 11 is 5.92. The highest BCUT2D eigenvalue weighted by Crippen LogP contribution is 2.22. The number of hydrogen-bond acceptors (Lipinski definition) is 3. The molecular formula is C19H17ClFN3O2. The van der Waals surface area contributed by atoms with Crippen molar-refractivity contribution in [1.29, 1.82) is 0 Å². The number of hydrogen-bond donors (Lipinski definition) is 1. The Morgan fingerprint density at radius 2 is 2.04 bits per heavy atom. The van der Waals surface area contributed by atoms with Gasteiger partial charge in [0.05, 0.1) is 5.69 Å². The first-order valence-corrected chi connectivity index (χ1v) is 8.30. The molecule has 0 aliphatic rings. The standard InChI is InChI=1S/C19H17ClFN3O2/c1-12-3-5-15(21)17(9-12)22-19(25)16-7-8-24(23-16)11-26-18-6-4-14(20)10-13(18)2/h3-10H,11H2,1-2H3,(H,22,25). The van der Waals surface area contributed by atoms with Crippen LogP contribution in [-0.2, 0) is 6.73 Å². The van der Waals surface area contributed by atoms with Gasteiger partial charge in [-0.25, -0.2) is 9.07 Å². The lowest BCUT2D eigenvalue weighted by Gasteiger charge is -2.09. The summed E-state index contributed by atoms with van der Waals surface area (Å²) < 4.78 is 20.9. The third-order valence-corrected chi connectivity index (χ3v) is 3.97. The quantitative estimate of drug-likeness (QED) is 0.712. The predicted octanol–water partition coefficient (Wildman–Crippen LogP) is 4.58. The van der Waals surface area contributed by atoms with E-state index < -0.39 is 11.7 Å². The number of benzene rings is 2. The highest BCUT2D eigenvalue weighted by atomic mass is 35.5. The van der Waals surface area contributed by atoms with Gasteiger partial charge in [-0.1, -0.05) is 17.7 Å². The number of anilines is 1. The summed E-state index contributed by atoms with van der Waals surface area (Å²) in [5, 5.41) is 7.31. The first-order chi connectivity index (χ1) is 12.4. The number of amides is 1. The Labute approximate surface area is 155 Å². The van der Waals surface area contributed by atoms with Crippen LogP contribution < -0.4 is 10.1 Å². The van der Waals surface area contributed by atoms with Crippen molar-refractivity contribution in [2.24, 2.45) is 0 Å². The Morgan fingerprint density at radius 1 is 1.23 bits per heavy atom. The van der Waals surface area contributed by atoms with Crippen LogP contribution in [0.3, 0.4) is 0 Å². The molecule has 1 amide bonds. The number of aromatic nitrogens is 2. The van der Waals surface area contributed by atoms with Gasteiger partial charge in [-0.3, -0.25) is 4.79 Å². The molecule has 2 aromatic carbocycles. The number of nitrogens with zero attached hydrogens (tertiary/aromatic N) is 2. The second-order valence-electron chi connectivity index (χ2n) is 5.86. The van der Waals surface area contributed by atoms with E-state index in [0.717, 1.165) is 11.1 Å². The molecular weight excluding hydrogens is 357 g/mol. The van der Waals surface area contributed by atoms with Crippen molar-refractivity contribution in [2.45, 2.75) is 20.6 Å². The number of rotatable bonds is 5. The van der Waals surface area contributed by atoms with Gasteiger partial charge < -0.3 is 10.1 Å². The zero-order valence-corrected chi connectivity index (χ0v) is 15.0. The summed E-state index contributed by atoms with van der Waals surface area (Å²) in [6.45, 7) is 3.84. The van der Waals surface area contributed by atoms with Crippen molar-refractivity contribution in [3.63, 3.8) is 0 Å². The maximum Gasteiger partial charge on any atom is 0.276 e. The van der Waals surface area contributed by atoms with Crippen LogP contribution in [0.1, 0.15) is 21.6 Å². The molecule has 0 bridgehead atoms. The van der Waals surface area contributed by atoms with E-state index in [2.05, 4.69) is 10.4 Å². The van der Waals surface area contributed by atoms with Gasteiger partial charge in [0.25, 0.3) is 5.91 Å². The first kappa shape index (κ1) is 17.9. The number of aryl methyl sites for hydroxylation is 2. The van der Waals surface area contributed by atoms with E-state index in [9.17, 15) is 9.18 Å². The molecule has 1 N–H and O–H groups in total. The molecule has 0 spiro atoms. The molecule has 7 heteroatoms. The van der Waals surface area contributed by atoms with E-state index >= 15 is 0 Å². The fraction of sp³-hybridized carbons (Fsp3) is 0.158. The summed E-state index contributed by atoms with van der Waals surface area (Å²) in [7, 11) is 0. The fourth-order valence-electron chi connectivity index (χ4n) is 2.39. The fourth-order valence-corrected chi connectivity index (χ4v) is 2.61. The normalized spacial score (nSPS) is 10.6. The Balaban J connectivity index is 1.65. The van der Waals surface area contributed by atoms with E-state index in [1.54, 1.807) is 42.6 Å². The molecule has 0 saturated heterocycles. The van der Waals surface area contributed by atoms with Gasteiger partial charge in [0.1, 0.15) is 11.6 Å². The third-order valence-electron chi connectivity index (χ3n) is 3.73. The molecule has 0 unspecified atom stereocenters. The Morgan fingerprint density at radius 3 is 2.81 bits per heavy atom. The number of halogens is 2. The van der Waals surface area contributed by atoms with Gasteiger partial charge in [0.2, 0.25) is 0 Å². The smallest absolute Gasteiger partial charge is 0.276 e. The van der Waals surface area contributed by atoms with E-state index in [1.807, 2.05) is 13.8 Å². The molecule has 0 aliphatic carbocycles. The first-order valence-electron chi connectivity index (χ1n) is 7.92. The lowest BCUT2D eigenvalue weighted by Crippen LogP contribution is -2.15. The summed E-state index contributed by atoms with van der Waals surface area (Å²) in [4.78, 5) is 12.2. The molecule has 0 saturated carbocycles. The number of nitrogens with one attached hydrogen (secondary N) is 1. The van der Waals surface area contributed by atoms with Crippen LogP contribution in [0, 0.1) is 19.7 Å². The van der Waals surface area contributed by atoms with Gasteiger partial charge >= 0.3 is 0 Å². The lowest BCUT2D eigenvalue weighted by atomic mass is 10.2. The Kier molecular flexibility index (Phi) is 5.23. The number of carbonyl (C=O) groups is 1. The molecule has 134 valence electrons. The van der Waals surface area contributed by atoms with Crippen LogP contribution in [0.2, 0.25) is 5.02 Å². The summed E-state index contributed by atoms with van der Waals surface area (Å²) in [5.41, 5.74) is 2.04. The zero-order chi connectivity index (χ0) is 18.7. The average molecular weight is 374 g/mol. The van der Waals surface area contributed by atoms with Crippen LogP contribution in [0.25, 0.3) is 0 Å². The van der Waals surface area contributed by atoms with Crippen LogP contribution in [0.15, 0.2) is 48.7 Å². The molecule has 0 atom stereocenters. The summed E-state index contributed by atoms with van der Waals surface area (Å²) in [6.07, 6.45) is 1.62. The maximum absolute atomic E-state index is 13.8. The van der Waals surface area contributed by atoms with Gasteiger partial charge in [-0.15, -0.1) is 0 Å². The van der Waals surface area contributed by atoms with Crippen molar-refractivity contribution in [3.05, 3.63) is 76.3 Å². The number of carbonyl (C=O) groups excluding carboxylic acids is 1. The number of ether oxygens (including phenoxy) is 1. The van der Waals surface area contributed by atoms with Crippen LogP contribution in [0.5, 0.6) is 5.75 Å². The van der Waals surface area contributed by atoms with Crippen LogP contribution in [-0.4, -0.2) is 15.7 Å². The largest absolute Gasteiger partial charge is 0.471 e. The van der Waals surface area contributed by atoms with Crippen molar-refractivity contribution < 1.29 is 13.9 Å². The SMILES string of the molecule is Cc1ccc(F)c(NC(=O)c2ccn(COc3ccc(Cl)cc3C)n2)c1. The van der Waals surface area contributed by atoms with Crippen molar-refractivity contribution in [3.8, 4) is 5.75 Å². The van der Waals surface area contributed by atoms with Gasteiger partial charge in [-0.05, 0) is 61.4 Å². The van der Waals surface area contributed by atoms with Crippen molar-refractivity contribution in [1.82, 2.24) is 9.78 Å². The van der Waals surface area contributed by atoms with Crippen LogP contribution >= 0.6 is 11.6 Å². The van der Waals surface area contributed by atoms with Gasteiger partial charge in [0.15, 0.2) is 12.4 Å². The van der Waals surface area contributed by atoms with Crippen molar-refractivity contribution >= 4 is 23.2 Å². The minimum atomic E-state index is -0.495. The highest BCUT2D eigenvalue weighted by molar-refractivity contribution is 6.30. The second-order valence-corrected chi connectivity index (χ2v) is 6.30. The molecule has 1 heterocycles. The van der Waals surface area contributed by atoms with Gasteiger partial charge in [-0.2, -0.15) is 5.10 Å². The molecule has 5 nitrogen and oxygen atoms in total. The topological polar surface area (TPSA) is 56.2 Å². The van der Waals surface area contributed by atoms with Crippen molar-refractivity contribution in [2.75, 3.05) is 5.32 Å². The minimum absolute atomic E-state index is 0.123. The van der Waals surface area contributed by atoms with E-state index in [1.165, 1.54) is 10.7 Å². The highest BCUT2D eigenvalue weighted by Gasteiger charge is 2.13. The maximum atomic E-state index is 13.8. The molecule has 0 fully saturated rings. The monoisotopic (exact) mass is 373 g/mol. The van der Waals surface area contributed by atoms with E-state index in [4.69, 9.17) is 16.3 Å². The lowest BCUT2D eigenvalue weighted by molar-refractivity contribution is 0.101. The predicted molar refractivity (Wildman–Crippen MR) is 98.1 cm³/mol. The minimum Gasteiger partial charge on any atom is -0.471 e. The molecule has 26 heavy (non-hydrogen) atoms. The molecule has 1 aromatic heterocycles. The Hall–Kier alpha value is -2.86. The summed E-state index contributed by atoms with van der Waals surface area (Å²) in [5.74, 6) is -0.307. The third kappa shape index (κ3) is 4.21. The molecule has 3 rings (SSSR count). The van der Waals surface area contributed by atoms with E-state index in [-0.39, 0.29) is 18.1 Å². The summed E-state index contributed by atoms with van der Waals surface area (Å²) in [6, 6.07) is 11.4. The second kappa shape index (κ2) is 7.58. The zero-order valence-electron chi connectivity index (χ0n) is 14.3. The molecule has 0 radical (unpaired) electrons. The molecule has 3 aromatic rings. The Bertz CT molecular complexity index is 956.